The van der Waals surface area contributed by atoms with Gasteiger partial charge in [0.2, 0.25) is 5.91 Å². The van der Waals surface area contributed by atoms with Crippen LogP contribution in [0.5, 0.6) is 0 Å². The zero-order chi connectivity index (χ0) is 13.1. The maximum absolute atomic E-state index is 14.1. The number of carbonyl (C=O) groups is 1. The van der Waals surface area contributed by atoms with Crippen molar-refractivity contribution in [3.63, 3.8) is 0 Å². The van der Waals surface area contributed by atoms with Crippen molar-refractivity contribution in [3.8, 4) is 0 Å². The highest BCUT2D eigenvalue weighted by atomic mass is 19.1. The molecule has 3 rings (SSSR count). The molecule has 2 N–H and O–H groups in total. The van der Waals surface area contributed by atoms with Crippen molar-refractivity contribution in [1.82, 2.24) is 0 Å². The molecule has 2 aliphatic rings. The summed E-state index contributed by atoms with van der Waals surface area (Å²) >= 11 is 0. The number of nitrogens with one attached hydrogen (secondary N) is 2. The Bertz CT molecular complexity index is 552. The van der Waals surface area contributed by atoms with Crippen LogP contribution in [0.15, 0.2) is 6.07 Å². The molecule has 0 unspecified atom stereocenters. The molecule has 1 aromatic rings. The van der Waals surface area contributed by atoms with Crippen LogP contribution in [0.2, 0.25) is 0 Å². The Hall–Kier alpha value is -1.52. The molecule has 0 atom stereocenters. The topological polar surface area (TPSA) is 41.1 Å². The Labute approximate surface area is 107 Å². The second-order valence-corrected chi connectivity index (χ2v) is 5.60. The molecule has 0 spiro atoms. The molecule has 1 heterocycles. The van der Waals surface area contributed by atoms with Gasteiger partial charge in [-0.25, -0.2) is 4.39 Å². The fourth-order valence-electron chi connectivity index (χ4n) is 2.31. The average Bonchev–Trinajstić information content (AvgIpc) is 3.10. The van der Waals surface area contributed by atoms with Gasteiger partial charge in [0.05, 0.1) is 11.4 Å². The molecular formula is C13H14BFN2O. The molecule has 1 aliphatic heterocycles. The first-order valence-electron chi connectivity index (χ1n) is 6.11. The predicted octanol–water partition coefficient (Wildman–Crippen LogP) is 1.64. The average molecular weight is 244 g/mol. The van der Waals surface area contributed by atoms with Crippen molar-refractivity contribution in [2.75, 3.05) is 10.6 Å². The molecule has 0 saturated heterocycles. The van der Waals surface area contributed by atoms with Crippen LogP contribution in [0, 0.1) is 5.82 Å². The third-order valence-corrected chi connectivity index (χ3v) is 3.58. The molecule has 92 valence electrons. The number of hydrogen-bond donors (Lipinski definition) is 2. The van der Waals surface area contributed by atoms with Crippen LogP contribution in [0.4, 0.5) is 15.8 Å². The van der Waals surface area contributed by atoms with Crippen molar-refractivity contribution in [1.29, 1.82) is 0 Å². The summed E-state index contributed by atoms with van der Waals surface area (Å²) in [4.78, 5) is 11.9. The molecule has 1 amide bonds. The lowest BCUT2D eigenvalue weighted by atomic mass is 9.88. The lowest BCUT2D eigenvalue weighted by Crippen LogP contribution is -2.48. The summed E-state index contributed by atoms with van der Waals surface area (Å²) in [5.41, 5.74) is 1.13. The lowest BCUT2D eigenvalue weighted by Gasteiger charge is -2.34. The molecule has 1 aliphatic carbocycles. The van der Waals surface area contributed by atoms with Gasteiger partial charge in [-0.15, -0.1) is 0 Å². The van der Waals surface area contributed by atoms with Gasteiger partial charge in [-0.2, -0.15) is 0 Å². The van der Waals surface area contributed by atoms with E-state index in [1.54, 1.807) is 19.9 Å². The van der Waals surface area contributed by atoms with Gasteiger partial charge >= 0.3 is 0 Å². The van der Waals surface area contributed by atoms with Crippen LogP contribution in [0.1, 0.15) is 38.2 Å². The SMILES string of the molecule is [B]c1cc(C2CC2)c2c(c1F)NC(C)(C)C(=O)N2. The van der Waals surface area contributed by atoms with Crippen molar-refractivity contribution in [2.45, 2.75) is 38.1 Å². The second-order valence-electron chi connectivity index (χ2n) is 5.60. The van der Waals surface area contributed by atoms with Gasteiger partial charge in [0.1, 0.15) is 19.2 Å². The molecule has 1 aromatic carbocycles. The number of carbonyl (C=O) groups excluding carboxylic acids is 1. The van der Waals surface area contributed by atoms with Gasteiger partial charge in [-0.05, 0) is 38.2 Å². The fourth-order valence-corrected chi connectivity index (χ4v) is 2.31. The molecule has 0 aromatic heterocycles. The van der Waals surface area contributed by atoms with Crippen LogP contribution < -0.4 is 16.1 Å². The van der Waals surface area contributed by atoms with E-state index in [4.69, 9.17) is 7.85 Å². The zero-order valence-corrected chi connectivity index (χ0v) is 10.4. The highest BCUT2D eigenvalue weighted by Gasteiger charge is 2.38. The summed E-state index contributed by atoms with van der Waals surface area (Å²) in [7, 11) is 5.71. The van der Waals surface area contributed by atoms with Gasteiger partial charge in [-0.3, -0.25) is 4.79 Å². The first-order valence-corrected chi connectivity index (χ1v) is 6.11. The van der Waals surface area contributed by atoms with Gasteiger partial charge in [0.25, 0.3) is 0 Å². The Morgan fingerprint density at radius 2 is 2.06 bits per heavy atom. The molecular weight excluding hydrogens is 230 g/mol. The highest BCUT2D eigenvalue weighted by molar-refractivity contribution is 6.33. The van der Waals surface area contributed by atoms with Gasteiger partial charge < -0.3 is 10.6 Å². The lowest BCUT2D eigenvalue weighted by molar-refractivity contribution is -0.119. The number of fused-ring (bicyclic) bond motifs is 1. The van der Waals surface area contributed by atoms with Crippen LogP contribution in [-0.2, 0) is 4.79 Å². The van der Waals surface area contributed by atoms with Gasteiger partial charge in [0.15, 0.2) is 0 Å². The fraction of sp³-hybridized carbons (Fsp3) is 0.462. The summed E-state index contributed by atoms with van der Waals surface area (Å²) < 4.78 is 14.1. The van der Waals surface area contributed by atoms with Crippen LogP contribution >= 0.6 is 0 Å². The Morgan fingerprint density at radius 3 is 2.67 bits per heavy atom. The Kier molecular flexibility index (Phi) is 2.25. The number of hydrogen-bond acceptors (Lipinski definition) is 2. The normalized spacial score (nSPS) is 20.9. The summed E-state index contributed by atoms with van der Waals surface area (Å²) in [6.45, 7) is 3.43. The van der Waals surface area contributed by atoms with Crippen LogP contribution in [0.25, 0.3) is 0 Å². The Balaban J connectivity index is 2.19. The minimum Gasteiger partial charge on any atom is -0.368 e. The van der Waals surface area contributed by atoms with Crippen molar-refractivity contribution < 1.29 is 9.18 Å². The van der Waals surface area contributed by atoms with Crippen LogP contribution in [-0.4, -0.2) is 19.3 Å². The quantitative estimate of drug-likeness (QED) is 0.737. The predicted molar refractivity (Wildman–Crippen MR) is 70.1 cm³/mol. The molecule has 0 bridgehead atoms. The number of benzene rings is 1. The van der Waals surface area contributed by atoms with E-state index in [1.165, 1.54) is 0 Å². The molecule has 18 heavy (non-hydrogen) atoms. The zero-order valence-electron chi connectivity index (χ0n) is 10.4. The van der Waals surface area contributed by atoms with E-state index in [1.807, 2.05) is 0 Å². The summed E-state index contributed by atoms with van der Waals surface area (Å²) in [6, 6.07) is 1.64. The first-order chi connectivity index (χ1) is 8.40. The van der Waals surface area contributed by atoms with Gasteiger partial charge in [0, 0.05) is 0 Å². The summed E-state index contributed by atoms with van der Waals surface area (Å²) in [5, 5.41) is 5.76. The molecule has 3 nitrogen and oxygen atoms in total. The monoisotopic (exact) mass is 244 g/mol. The van der Waals surface area contributed by atoms with Crippen molar-refractivity contribution in [2.24, 2.45) is 0 Å². The third-order valence-electron chi connectivity index (χ3n) is 3.58. The van der Waals surface area contributed by atoms with E-state index in [9.17, 15) is 9.18 Å². The number of anilines is 2. The first kappa shape index (κ1) is 11.6. The number of amides is 1. The molecule has 5 heteroatoms. The van der Waals surface area contributed by atoms with E-state index in [0.717, 1.165) is 18.4 Å². The largest absolute Gasteiger partial charge is 0.368 e. The minimum atomic E-state index is -0.831. The second kappa shape index (κ2) is 3.50. The Morgan fingerprint density at radius 1 is 1.39 bits per heavy atom. The number of halogens is 1. The van der Waals surface area contributed by atoms with Gasteiger partial charge in [-0.1, -0.05) is 11.5 Å². The smallest absolute Gasteiger partial charge is 0.249 e. The van der Waals surface area contributed by atoms with E-state index in [0.29, 0.717) is 17.3 Å². The summed E-state index contributed by atoms with van der Waals surface area (Å²) in [5.74, 6) is -0.242. The van der Waals surface area contributed by atoms with E-state index in [2.05, 4.69) is 10.6 Å². The van der Waals surface area contributed by atoms with Crippen molar-refractivity contribution >= 4 is 30.6 Å². The third kappa shape index (κ3) is 1.61. The van der Waals surface area contributed by atoms with E-state index < -0.39 is 11.4 Å². The van der Waals surface area contributed by atoms with E-state index >= 15 is 0 Å². The maximum Gasteiger partial charge on any atom is 0.249 e. The molecule has 1 saturated carbocycles. The van der Waals surface area contributed by atoms with Crippen molar-refractivity contribution in [3.05, 3.63) is 17.4 Å². The van der Waals surface area contributed by atoms with E-state index in [-0.39, 0.29) is 11.4 Å². The standard InChI is InChI=1S/C13H14BFN2O/c1-13(2)12(18)16-10-7(6-3-4-6)5-8(14)9(15)11(10)17-13/h5-6,17H,3-4H2,1-2H3,(H,16,18). The highest BCUT2D eigenvalue weighted by Crippen LogP contribution is 2.47. The van der Waals surface area contributed by atoms with Crippen LogP contribution in [0.3, 0.4) is 0 Å². The maximum atomic E-state index is 14.1. The minimum absolute atomic E-state index is 0.134. The molecule has 1 fully saturated rings. The summed E-state index contributed by atoms with van der Waals surface area (Å²) in [6.07, 6.45) is 2.13. The molecule has 2 radical (unpaired) electrons. The number of rotatable bonds is 1.